The molecule has 1 aliphatic carbocycles. The molecule has 8 aromatic carbocycles. The number of benzene rings is 8. The van der Waals surface area contributed by atoms with Gasteiger partial charge in [0.05, 0.1) is 16.7 Å². The molecule has 3 aromatic heterocycles. The lowest BCUT2D eigenvalue weighted by molar-refractivity contribution is 0.477. The largest absolute Gasteiger partial charge is 0.507 e. The van der Waals surface area contributed by atoms with E-state index >= 15 is 0 Å². The second-order valence-corrected chi connectivity index (χ2v) is 16.6. The lowest BCUT2D eigenvalue weighted by Gasteiger charge is -2.23. The minimum Gasteiger partial charge on any atom is -0.507 e. The number of fused-ring (bicyclic) bond motifs is 8. The van der Waals surface area contributed by atoms with Crippen molar-refractivity contribution in [3.8, 4) is 73.6 Å². The van der Waals surface area contributed by atoms with E-state index in [2.05, 4.69) is 117 Å². The molecule has 0 aliphatic heterocycles. The van der Waals surface area contributed by atoms with Gasteiger partial charge in [-0.25, -0.2) is 24.9 Å². The van der Waals surface area contributed by atoms with Crippen molar-refractivity contribution in [2.45, 2.75) is 19.3 Å². The molecule has 0 saturated carbocycles. The van der Waals surface area contributed by atoms with Gasteiger partial charge in [0.2, 0.25) is 0 Å². The van der Waals surface area contributed by atoms with Crippen LogP contribution in [0.1, 0.15) is 25.0 Å². The van der Waals surface area contributed by atoms with E-state index in [9.17, 15) is 5.11 Å². The minimum atomic E-state index is -0.130. The minimum absolute atomic E-state index is 0.130. The molecule has 12 rings (SSSR count). The first-order valence-electron chi connectivity index (χ1n) is 20.9. The molecule has 1 N–H and O–H groups in total. The van der Waals surface area contributed by atoms with E-state index in [0.29, 0.717) is 34.4 Å². The van der Waals surface area contributed by atoms with Crippen LogP contribution in [-0.4, -0.2) is 30.0 Å². The molecule has 1 aliphatic rings. The lowest BCUT2D eigenvalue weighted by atomic mass is 9.80. The van der Waals surface area contributed by atoms with Crippen molar-refractivity contribution < 1.29 is 5.11 Å². The van der Waals surface area contributed by atoms with Crippen LogP contribution in [-0.2, 0) is 5.41 Å². The van der Waals surface area contributed by atoms with Crippen molar-refractivity contribution in [2.24, 2.45) is 0 Å². The van der Waals surface area contributed by atoms with Crippen LogP contribution in [0.5, 0.6) is 5.75 Å². The Labute approximate surface area is 357 Å². The number of para-hydroxylation sites is 1. The number of phenols is 1. The molecule has 6 heteroatoms. The fourth-order valence-corrected chi connectivity index (χ4v) is 9.59. The summed E-state index contributed by atoms with van der Waals surface area (Å²) in [6.45, 7) is 4.67. The van der Waals surface area contributed by atoms with Crippen LogP contribution in [0, 0.1) is 0 Å². The number of rotatable bonds is 5. The second kappa shape index (κ2) is 13.7. The van der Waals surface area contributed by atoms with Gasteiger partial charge in [0.25, 0.3) is 0 Å². The Kier molecular flexibility index (Phi) is 7.93. The molecule has 3 heterocycles. The third-order valence-electron chi connectivity index (χ3n) is 12.6. The second-order valence-electron chi connectivity index (χ2n) is 16.6. The number of aromatic nitrogens is 5. The maximum Gasteiger partial charge on any atom is 0.182 e. The number of nitrogens with zero attached hydrogens (tertiary/aromatic N) is 5. The third-order valence-corrected chi connectivity index (χ3v) is 12.6. The molecule has 0 radical (unpaired) electrons. The molecular formula is C56H37N5O. The first-order chi connectivity index (χ1) is 30.4. The highest BCUT2D eigenvalue weighted by Gasteiger charge is 2.35. The highest BCUT2D eigenvalue weighted by Crippen LogP contribution is 2.51. The highest BCUT2D eigenvalue weighted by molar-refractivity contribution is 6.21. The number of pyridine rings is 2. The zero-order valence-corrected chi connectivity index (χ0v) is 34.0. The van der Waals surface area contributed by atoms with E-state index in [1.54, 1.807) is 6.07 Å². The molecule has 0 amide bonds. The molecule has 62 heavy (non-hydrogen) atoms. The fourth-order valence-electron chi connectivity index (χ4n) is 9.59. The average Bonchev–Trinajstić information content (AvgIpc) is 3.55. The van der Waals surface area contributed by atoms with E-state index in [0.717, 1.165) is 54.5 Å². The Morgan fingerprint density at radius 3 is 1.58 bits per heavy atom. The topological polar surface area (TPSA) is 84.7 Å². The molecule has 11 aromatic rings. The van der Waals surface area contributed by atoms with Crippen molar-refractivity contribution >= 4 is 43.4 Å². The number of hydrogen-bond acceptors (Lipinski definition) is 6. The van der Waals surface area contributed by atoms with E-state index < -0.39 is 0 Å². The predicted octanol–water partition coefficient (Wildman–Crippen LogP) is 13.6. The van der Waals surface area contributed by atoms with E-state index in [1.807, 2.05) is 72.8 Å². The van der Waals surface area contributed by atoms with Gasteiger partial charge < -0.3 is 5.11 Å². The number of phenolic OH excluding ortho intramolecular Hbond substituents is 1. The summed E-state index contributed by atoms with van der Waals surface area (Å²) in [5, 5.41) is 16.9. The van der Waals surface area contributed by atoms with Gasteiger partial charge in [0.1, 0.15) is 11.4 Å². The highest BCUT2D eigenvalue weighted by atomic mass is 16.3. The molecule has 0 spiro atoms. The third kappa shape index (κ3) is 5.53. The summed E-state index contributed by atoms with van der Waals surface area (Å²) < 4.78 is 0. The smallest absolute Gasteiger partial charge is 0.182 e. The van der Waals surface area contributed by atoms with Gasteiger partial charge in [-0.1, -0.05) is 166 Å². The summed E-state index contributed by atoms with van der Waals surface area (Å²) in [7, 11) is 0. The Morgan fingerprint density at radius 1 is 0.371 bits per heavy atom. The molecule has 6 nitrogen and oxygen atoms in total. The van der Waals surface area contributed by atoms with E-state index in [1.165, 1.54) is 33.4 Å². The maximum atomic E-state index is 10.7. The van der Waals surface area contributed by atoms with Crippen LogP contribution in [0.3, 0.4) is 0 Å². The van der Waals surface area contributed by atoms with Crippen molar-refractivity contribution in [1.82, 2.24) is 24.9 Å². The zero-order chi connectivity index (χ0) is 41.5. The summed E-state index contributed by atoms with van der Waals surface area (Å²) in [5.74, 6) is 1.76. The van der Waals surface area contributed by atoms with Crippen molar-refractivity contribution in [2.75, 3.05) is 0 Å². The molecule has 0 saturated heterocycles. The summed E-state index contributed by atoms with van der Waals surface area (Å²) in [5.41, 5.74) is 12.7. The summed E-state index contributed by atoms with van der Waals surface area (Å²) in [6, 6.07) is 62.5. The summed E-state index contributed by atoms with van der Waals surface area (Å²) >= 11 is 0. The van der Waals surface area contributed by atoms with Crippen LogP contribution in [0.25, 0.3) is 111 Å². The van der Waals surface area contributed by atoms with Crippen LogP contribution >= 0.6 is 0 Å². The monoisotopic (exact) mass is 795 g/mol. The van der Waals surface area contributed by atoms with Gasteiger partial charge in [0.15, 0.2) is 17.5 Å². The first-order valence-corrected chi connectivity index (χ1v) is 20.9. The normalized spacial score (nSPS) is 12.9. The van der Waals surface area contributed by atoms with Gasteiger partial charge in [-0.05, 0) is 85.3 Å². The Morgan fingerprint density at radius 2 is 0.887 bits per heavy atom. The lowest BCUT2D eigenvalue weighted by Crippen LogP contribution is -2.14. The molecule has 0 fully saturated rings. The molecule has 292 valence electrons. The van der Waals surface area contributed by atoms with Crippen LogP contribution in [0.2, 0.25) is 0 Å². The summed E-state index contributed by atoms with van der Waals surface area (Å²) in [4.78, 5) is 26.0. The number of hydrogen-bond donors (Lipinski definition) is 1. The van der Waals surface area contributed by atoms with E-state index in [-0.39, 0.29) is 11.2 Å². The van der Waals surface area contributed by atoms with Crippen LogP contribution < -0.4 is 0 Å². The Bertz CT molecular complexity index is 3580. The van der Waals surface area contributed by atoms with Crippen molar-refractivity contribution in [1.29, 1.82) is 0 Å². The predicted molar refractivity (Wildman–Crippen MR) is 252 cm³/mol. The average molecular weight is 796 g/mol. The molecule has 0 bridgehead atoms. The maximum absolute atomic E-state index is 10.7. The zero-order valence-electron chi connectivity index (χ0n) is 34.0. The quantitative estimate of drug-likeness (QED) is 0.138. The SMILES string of the molecule is CC1(C)c2ccccc2-c2ccc(-c3c4ccccc4c(-c4nc(-c5ccccc5)nc(-c5ccc6ccc7ccc(-c8ccccc8O)nc7c6n5)n4)c4ccccc34)cc21. The molecular weight excluding hydrogens is 759 g/mol. The van der Waals surface area contributed by atoms with E-state index in [4.69, 9.17) is 24.9 Å². The Balaban J connectivity index is 1.08. The number of aromatic hydroxyl groups is 1. The molecule has 0 atom stereocenters. The van der Waals surface area contributed by atoms with Crippen LogP contribution in [0.15, 0.2) is 182 Å². The van der Waals surface area contributed by atoms with Crippen molar-refractivity contribution in [3.63, 3.8) is 0 Å². The Hall–Kier alpha value is -8.09. The van der Waals surface area contributed by atoms with Crippen molar-refractivity contribution in [3.05, 3.63) is 193 Å². The summed E-state index contributed by atoms with van der Waals surface area (Å²) in [6.07, 6.45) is 0. The van der Waals surface area contributed by atoms with Gasteiger partial charge >= 0.3 is 0 Å². The van der Waals surface area contributed by atoms with Gasteiger partial charge in [0, 0.05) is 32.9 Å². The van der Waals surface area contributed by atoms with Gasteiger partial charge in [-0.2, -0.15) is 0 Å². The van der Waals surface area contributed by atoms with Gasteiger partial charge in [-0.3, -0.25) is 0 Å². The van der Waals surface area contributed by atoms with Crippen LogP contribution in [0.4, 0.5) is 0 Å². The fraction of sp³-hybridized carbons (Fsp3) is 0.0536. The standard InChI is InChI=1S/C56H37N5O/c1-56(2)44-22-12-10-16-37(44)38-29-26-36(32-45(38)56)49-39-17-6-8-19-41(39)50(42-20-9-7-18-40(42)49)55-60-53(35-14-4-3-5-15-35)59-54(61-55)47-31-28-34-25-24-33-27-30-46(57-51(33)52(34)58-47)43-21-11-13-23-48(43)62/h3-32,62H,1-2H3. The first kappa shape index (κ1) is 35.8. The molecule has 0 unspecified atom stereocenters. The van der Waals surface area contributed by atoms with Gasteiger partial charge in [-0.15, -0.1) is 0 Å².